The van der Waals surface area contributed by atoms with Crippen molar-refractivity contribution in [2.75, 3.05) is 13.2 Å². The SMILES string of the molecule is CCCC(CCCN)c1cc(C)cc(C)c1OCC. The van der Waals surface area contributed by atoms with Gasteiger partial charge in [-0.1, -0.05) is 31.0 Å². The first kappa shape index (κ1) is 16.0. The molecule has 1 aromatic rings. The lowest BCUT2D eigenvalue weighted by molar-refractivity contribution is 0.329. The quantitative estimate of drug-likeness (QED) is 0.758. The number of hydrogen-bond donors (Lipinski definition) is 1. The number of ether oxygens (including phenoxy) is 1. The second-order valence-corrected chi connectivity index (χ2v) is 5.35. The summed E-state index contributed by atoms with van der Waals surface area (Å²) in [6, 6.07) is 4.51. The van der Waals surface area contributed by atoms with Gasteiger partial charge in [0.15, 0.2) is 0 Å². The van der Waals surface area contributed by atoms with Crippen LogP contribution in [0.3, 0.4) is 0 Å². The van der Waals surface area contributed by atoms with E-state index in [-0.39, 0.29) is 0 Å². The second-order valence-electron chi connectivity index (χ2n) is 5.35. The maximum atomic E-state index is 5.90. The fraction of sp³-hybridized carbons (Fsp3) is 0.647. The Labute approximate surface area is 118 Å². The molecule has 0 heterocycles. The van der Waals surface area contributed by atoms with Crippen LogP contribution in [0.15, 0.2) is 12.1 Å². The molecule has 0 aliphatic heterocycles. The van der Waals surface area contributed by atoms with Gasteiger partial charge in [-0.15, -0.1) is 0 Å². The lowest BCUT2D eigenvalue weighted by Crippen LogP contribution is -2.08. The molecular weight excluding hydrogens is 234 g/mol. The minimum atomic E-state index is 0.577. The fourth-order valence-electron chi connectivity index (χ4n) is 2.80. The maximum absolute atomic E-state index is 5.90. The van der Waals surface area contributed by atoms with E-state index in [9.17, 15) is 0 Å². The highest BCUT2D eigenvalue weighted by Gasteiger charge is 2.17. The Bertz CT molecular complexity index is 387. The van der Waals surface area contributed by atoms with E-state index in [2.05, 4.69) is 39.8 Å². The van der Waals surface area contributed by atoms with Gasteiger partial charge in [-0.25, -0.2) is 0 Å². The van der Waals surface area contributed by atoms with E-state index in [0.29, 0.717) is 5.92 Å². The first-order valence-electron chi connectivity index (χ1n) is 7.58. The van der Waals surface area contributed by atoms with Gasteiger partial charge in [0.1, 0.15) is 5.75 Å². The third-order valence-corrected chi connectivity index (χ3v) is 3.57. The fourth-order valence-corrected chi connectivity index (χ4v) is 2.80. The molecule has 0 spiro atoms. The van der Waals surface area contributed by atoms with Crippen molar-refractivity contribution in [3.8, 4) is 5.75 Å². The predicted molar refractivity (Wildman–Crippen MR) is 83.0 cm³/mol. The van der Waals surface area contributed by atoms with Gasteiger partial charge in [0.05, 0.1) is 6.61 Å². The van der Waals surface area contributed by atoms with Crippen LogP contribution < -0.4 is 10.5 Å². The Morgan fingerprint density at radius 2 is 1.89 bits per heavy atom. The molecule has 0 aliphatic carbocycles. The standard InChI is InChI=1S/C17H29NO/c1-5-8-15(9-7-10-18)16-12-13(3)11-14(4)17(16)19-6-2/h11-12,15H,5-10,18H2,1-4H3. The minimum absolute atomic E-state index is 0.577. The van der Waals surface area contributed by atoms with Crippen LogP contribution in [-0.4, -0.2) is 13.2 Å². The Kier molecular flexibility index (Phi) is 6.93. The van der Waals surface area contributed by atoms with Crippen molar-refractivity contribution in [3.05, 3.63) is 28.8 Å². The summed E-state index contributed by atoms with van der Waals surface area (Å²) in [4.78, 5) is 0. The highest BCUT2D eigenvalue weighted by atomic mass is 16.5. The number of aryl methyl sites for hydroxylation is 2. The number of nitrogens with two attached hydrogens (primary N) is 1. The number of hydrogen-bond acceptors (Lipinski definition) is 2. The molecule has 0 saturated carbocycles. The Morgan fingerprint density at radius 3 is 2.47 bits per heavy atom. The molecule has 0 radical (unpaired) electrons. The van der Waals surface area contributed by atoms with Crippen molar-refractivity contribution in [2.45, 2.75) is 59.3 Å². The molecule has 108 valence electrons. The molecule has 0 fully saturated rings. The molecule has 2 nitrogen and oxygen atoms in total. The molecule has 0 amide bonds. The summed E-state index contributed by atoms with van der Waals surface area (Å²) in [5, 5.41) is 0. The van der Waals surface area contributed by atoms with Crippen LogP contribution in [0, 0.1) is 13.8 Å². The largest absolute Gasteiger partial charge is 0.493 e. The number of benzene rings is 1. The van der Waals surface area contributed by atoms with Gasteiger partial charge in [0, 0.05) is 0 Å². The third-order valence-electron chi connectivity index (χ3n) is 3.57. The smallest absolute Gasteiger partial charge is 0.125 e. The van der Waals surface area contributed by atoms with Gasteiger partial charge in [-0.05, 0) is 63.6 Å². The maximum Gasteiger partial charge on any atom is 0.125 e. The average Bonchev–Trinajstić information content (AvgIpc) is 2.37. The van der Waals surface area contributed by atoms with Crippen molar-refractivity contribution in [2.24, 2.45) is 5.73 Å². The van der Waals surface area contributed by atoms with Crippen LogP contribution in [0.4, 0.5) is 0 Å². The van der Waals surface area contributed by atoms with Gasteiger partial charge in [-0.2, -0.15) is 0 Å². The number of rotatable bonds is 8. The van der Waals surface area contributed by atoms with Crippen molar-refractivity contribution >= 4 is 0 Å². The summed E-state index contributed by atoms with van der Waals surface area (Å²) in [7, 11) is 0. The van der Waals surface area contributed by atoms with Crippen molar-refractivity contribution < 1.29 is 4.74 Å². The van der Waals surface area contributed by atoms with E-state index in [1.165, 1.54) is 29.5 Å². The normalized spacial score (nSPS) is 12.5. The molecule has 19 heavy (non-hydrogen) atoms. The van der Waals surface area contributed by atoms with E-state index in [4.69, 9.17) is 10.5 Å². The van der Waals surface area contributed by atoms with Crippen LogP contribution in [0.5, 0.6) is 5.75 Å². The summed E-state index contributed by atoms with van der Waals surface area (Å²) in [5.74, 6) is 1.68. The zero-order valence-electron chi connectivity index (χ0n) is 13.0. The summed E-state index contributed by atoms with van der Waals surface area (Å²) in [6.45, 7) is 10.1. The first-order chi connectivity index (χ1) is 9.13. The molecule has 1 aromatic carbocycles. The molecule has 0 bridgehead atoms. The summed E-state index contributed by atoms with van der Waals surface area (Å²) in [6.07, 6.45) is 4.66. The highest BCUT2D eigenvalue weighted by Crippen LogP contribution is 2.36. The predicted octanol–water partition coefficient (Wildman–Crippen LogP) is 4.32. The van der Waals surface area contributed by atoms with Crippen molar-refractivity contribution in [1.82, 2.24) is 0 Å². The molecule has 1 unspecified atom stereocenters. The molecule has 0 saturated heterocycles. The van der Waals surface area contributed by atoms with Crippen LogP contribution >= 0.6 is 0 Å². The second kappa shape index (κ2) is 8.21. The molecular formula is C17H29NO. The van der Waals surface area contributed by atoms with Crippen LogP contribution in [0.2, 0.25) is 0 Å². The van der Waals surface area contributed by atoms with E-state index in [0.717, 1.165) is 31.7 Å². The Morgan fingerprint density at radius 1 is 1.16 bits per heavy atom. The molecule has 2 N–H and O–H groups in total. The first-order valence-corrected chi connectivity index (χ1v) is 7.58. The molecule has 2 heteroatoms. The zero-order chi connectivity index (χ0) is 14.3. The molecule has 0 aromatic heterocycles. The molecule has 1 rings (SSSR count). The van der Waals surface area contributed by atoms with Crippen LogP contribution in [0.1, 0.15) is 62.1 Å². The van der Waals surface area contributed by atoms with Gasteiger partial charge in [0.25, 0.3) is 0 Å². The van der Waals surface area contributed by atoms with E-state index in [1.807, 2.05) is 0 Å². The van der Waals surface area contributed by atoms with Crippen molar-refractivity contribution in [1.29, 1.82) is 0 Å². The van der Waals surface area contributed by atoms with Gasteiger partial charge >= 0.3 is 0 Å². The lowest BCUT2D eigenvalue weighted by Gasteiger charge is -2.22. The third kappa shape index (κ3) is 4.54. The summed E-state index contributed by atoms with van der Waals surface area (Å²) in [5.41, 5.74) is 9.64. The highest BCUT2D eigenvalue weighted by molar-refractivity contribution is 5.45. The molecule has 1 atom stereocenters. The van der Waals surface area contributed by atoms with E-state index >= 15 is 0 Å². The zero-order valence-corrected chi connectivity index (χ0v) is 13.0. The summed E-state index contributed by atoms with van der Waals surface area (Å²) >= 11 is 0. The van der Waals surface area contributed by atoms with E-state index in [1.54, 1.807) is 0 Å². The van der Waals surface area contributed by atoms with Gasteiger partial charge in [-0.3, -0.25) is 0 Å². The molecule has 0 aliphatic rings. The topological polar surface area (TPSA) is 35.2 Å². The lowest BCUT2D eigenvalue weighted by atomic mass is 9.87. The summed E-state index contributed by atoms with van der Waals surface area (Å²) < 4.78 is 5.90. The minimum Gasteiger partial charge on any atom is -0.493 e. The average molecular weight is 263 g/mol. The van der Waals surface area contributed by atoms with Gasteiger partial charge < -0.3 is 10.5 Å². The Hall–Kier alpha value is -1.02. The van der Waals surface area contributed by atoms with Crippen molar-refractivity contribution in [3.63, 3.8) is 0 Å². The van der Waals surface area contributed by atoms with E-state index < -0.39 is 0 Å². The Balaban J connectivity index is 3.10. The van der Waals surface area contributed by atoms with Crippen LogP contribution in [-0.2, 0) is 0 Å². The van der Waals surface area contributed by atoms with Crippen LogP contribution in [0.25, 0.3) is 0 Å². The van der Waals surface area contributed by atoms with Gasteiger partial charge in [0.2, 0.25) is 0 Å². The monoisotopic (exact) mass is 263 g/mol.